The Morgan fingerprint density at radius 2 is 2.09 bits per heavy atom. The first-order valence-electron chi connectivity index (χ1n) is 7.35. The third-order valence-electron chi connectivity index (χ3n) is 4.24. The van der Waals surface area contributed by atoms with E-state index in [-0.39, 0.29) is 22.8 Å². The van der Waals surface area contributed by atoms with Gasteiger partial charge in [-0.1, -0.05) is 6.92 Å². The van der Waals surface area contributed by atoms with Gasteiger partial charge >= 0.3 is 5.97 Å². The number of methoxy groups -OCH3 is 1. The molecule has 0 unspecified atom stereocenters. The largest absolute Gasteiger partial charge is 0.463 e. The summed E-state index contributed by atoms with van der Waals surface area (Å²) in [5.74, 6) is -0.581. The molecule has 2 atom stereocenters. The van der Waals surface area contributed by atoms with Gasteiger partial charge in [0.2, 0.25) is 10.9 Å². The molecule has 1 N–H and O–H groups in total. The quantitative estimate of drug-likeness (QED) is 0.805. The summed E-state index contributed by atoms with van der Waals surface area (Å²) in [6.45, 7) is 3.66. The molecule has 0 aromatic carbocycles. The third-order valence-corrected chi connectivity index (χ3v) is 5.61. The van der Waals surface area contributed by atoms with E-state index >= 15 is 0 Å². The molecule has 2 heterocycles. The molecule has 2 aliphatic rings. The summed E-state index contributed by atoms with van der Waals surface area (Å²) in [6, 6.07) is 3.05. The van der Waals surface area contributed by atoms with Crippen LogP contribution in [0.3, 0.4) is 0 Å². The number of likely N-dealkylation sites (tertiary alicyclic amines) is 1. The molecule has 1 saturated heterocycles. The zero-order valence-corrected chi connectivity index (χ0v) is 13.4. The maximum absolute atomic E-state index is 12.4. The van der Waals surface area contributed by atoms with E-state index in [2.05, 4.69) is 14.4 Å². The number of hydrogen-bond donors (Lipinski definition) is 1. The van der Waals surface area contributed by atoms with Gasteiger partial charge in [0.25, 0.3) is 10.0 Å². The van der Waals surface area contributed by atoms with Crippen LogP contribution in [0.1, 0.15) is 30.3 Å². The Kier molecular flexibility index (Phi) is 4.00. The summed E-state index contributed by atoms with van der Waals surface area (Å²) in [6.07, 6.45) is 2.40. The summed E-state index contributed by atoms with van der Waals surface area (Å²) in [4.78, 5) is 13.7. The van der Waals surface area contributed by atoms with Crippen molar-refractivity contribution in [2.75, 3.05) is 20.2 Å². The number of sulfonamides is 1. The van der Waals surface area contributed by atoms with Gasteiger partial charge in [0.1, 0.15) is 0 Å². The Morgan fingerprint density at radius 3 is 2.73 bits per heavy atom. The first-order valence-corrected chi connectivity index (χ1v) is 8.83. The van der Waals surface area contributed by atoms with Crippen LogP contribution in [-0.2, 0) is 14.8 Å². The van der Waals surface area contributed by atoms with Crippen LogP contribution in [-0.4, -0.2) is 51.6 Å². The lowest BCUT2D eigenvalue weighted by Crippen LogP contribution is -2.39. The van der Waals surface area contributed by atoms with Crippen LogP contribution >= 0.6 is 0 Å². The number of esters is 1. The molecule has 3 rings (SSSR count). The monoisotopic (exact) mass is 328 g/mol. The van der Waals surface area contributed by atoms with Gasteiger partial charge in [-0.05, 0) is 30.9 Å². The number of carbonyl (C=O) groups excluding carboxylic acids is 1. The predicted octanol–water partition coefficient (Wildman–Crippen LogP) is 0.827. The van der Waals surface area contributed by atoms with Gasteiger partial charge in [0.05, 0.1) is 7.11 Å². The topological polar surface area (TPSA) is 88.8 Å². The van der Waals surface area contributed by atoms with Gasteiger partial charge in [-0.2, -0.15) is 0 Å². The lowest BCUT2D eigenvalue weighted by molar-refractivity contribution is 0.0559. The van der Waals surface area contributed by atoms with Crippen molar-refractivity contribution in [3.8, 4) is 0 Å². The molecular formula is C14H20N2O5S. The van der Waals surface area contributed by atoms with E-state index in [0.717, 1.165) is 13.1 Å². The van der Waals surface area contributed by atoms with Gasteiger partial charge < -0.3 is 9.15 Å². The van der Waals surface area contributed by atoms with Crippen LogP contribution in [0.5, 0.6) is 0 Å². The summed E-state index contributed by atoms with van der Waals surface area (Å²) in [5.41, 5.74) is 0. The fourth-order valence-electron chi connectivity index (χ4n) is 2.83. The van der Waals surface area contributed by atoms with Gasteiger partial charge in [-0.15, -0.1) is 0 Å². The molecular weight excluding hydrogens is 308 g/mol. The molecule has 1 aromatic rings. The Balaban J connectivity index is 1.70. The van der Waals surface area contributed by atoms with Gasteiger partial charge in [-0.25, -0.2) is 17.9 Å². The van der Waals surface area contributed by atoms with E-state index in [1.807, 2.05) is 6.92 Å². The highest BCUT2D eigenvalue weighted by molar-refractivity contribution is 7.89. The molecule has 0 radical (unpaired) electrons. The lowest BCUT2D eigenvalue weighted by Gasteiger charge is -2.16. The van der Waals surface area contributed by atoms with Crippen molar-refractivity contribution in [3.63, 3.8) is 0 Å². The lowest BCUT2D eigenvalue weighted by atomic mass is 10.1. The molecule has 0 bridgehead atoms. The van der Waals surface area contributed by atoms with Crippen molar-refractivity contribution < 1.29 is 22.4 Å². The van der Waals surface area contributed by atoms with E-state index in [9.17, 15) is 13.2 Å². The van der Waals surface area contributed by atoms with E-state index in [4.69, 9.17) is 4.42 Å². The number of ether oxygens (including phenoxy) is 1. The smallest absolute Gasteiger partial charge is 0.374 e. The highest BCUT2D eigenvalue weighted by Gasteiger charge is 2.40. The summed E-state index contributed by atoms with van der Waals surface area (Å²) < 4.78 is 37.0. The van der Waals surface area contributed by atoms with Gasteiger partial charge in [0, 0.05) is 25.2 Å². The van der Waals surface area contributed by atoms with Crippen molar-refractivity contribution in [2.45, 2.75) is 36.9 Å². The Hall–Kier alpha value is -1.38. The van der Waals surface area contributed by atoms with E-state index in [1.165, 1.54) is 32.1 Å². The highest BCUT2D eigenvalue weighted by Crippen LogP contribution is 2.32. The molecule has 0 amide bonds. The Morgan fingerprint density at radius 1 is 1.36 bits per heavy atom. The maximum Gasteiger partial charge on any atom is 0.374 e. The molecule has 8 heteroatoms. The Bertz CT molecular complexity index is 665. The van der Waals surface area contributed by atoms with Crippen molar-refractivity contribution in [2.24, 2.45) is 5.92 Å². The fraction of sp³-hybridized carbons (Fsp3) is 0.643. The minimum Gasteiger partial charge on any atom is -0.463 e. The first kappa shape index (κ1) is 15.5. The second-order valence-corrected chi connectivity index (χ2v) is 7.65. The second kappa shape index (κ2) is 5.68. The third kappa shape index (κ3) is 3.04. The molecule has 7 nitrogen and oxygen atoms in total. The Labute approximate surface area is 129 Å². The molecule has 1 aromatic heterocycles. The predicted molar refractivity (Wildman–Crippen MR) is 77.9 cm³/mol. The van der Waals surface area contributed by atoms with E-state index in [0.29, 0.717) is 6.04 Å². The SMILES string of the molecule is COC(=O)c1ccc(S(=O)(=O)N[C@H]2CN(C3CC3)C[C@H]2C)o1. The molecule has 1 aliphatic heterocycles. The van der Waals surface area contributed by atoms with Gasteiger partial charge in [0.15, 0.2) is 0 Å². The van der Waals surface area contributed by atoms with Crippen molar-refractivity contribution in [1.29, 1.82) is 0 Å². The molecule has 0 spiro atoms. The average molecular weight is 328 g/mol. The summed E-state index contributed by atoms with van der Waals surface area (Å²) in [5, 5.41) is -0.259. The first-order chi connectivity index (χ1) is 10.4. The number of furan rings is 1. The average Bonchev–Trinajstić information content (AvgIpc) is 3.08. The van der Waals surface area contributed by atoms with Gasteiger partial charge in [-0.3, -0.25) is 4.90 Å². The summed E-state index contributed by atoms with van der Waals surface area (Å²) >= 11 is 0. The molecule has 1 saturated carbocycles. The molecule has 22 heavy (non-hydrogen) atoms. The standard InChI is InChI=1S/C14H20N2O5S/c1-9-7-16(10-3-4-10)8-11(9)15-22(18,19)13-6-5-12(21-13)14(17)20-2/h5-6,9-11,15H,3-4,7-8H2,1-2H3/t9-,11+/m1/s1. The van der Waals surface area contributed by atoms with Crippen LogP contribution in [0.25, 0.3) is 0 Å². The van der Waals surface area contributed by atoms with Crippen LogP contribution < -0.4 is 4.72 Å². The number of nitrogens with zero attached hydrogens (tertiary/aromatic N) is 1. The second-order valence-electron chi connectivity index (χ2n) is 6.00. The molecule has 1 aliphatic carbocycles. The zero-order chi connectivity index (χ0) is 15.9. The zero-order valence-electron chi connectivity index (χ0n) is 12.6. The van der Waals surface area contributed by atoms with Crippen LogP contribution in [0.2, 0.25) is 0 Å². The van der Waals surface area contributed by atoms with Crippen LogP contribution in [0.4, 0.5) is 0 Å². The van der Waals surface area contributed by atoms with Crippen LogP contribution in [0.15, 0.2) is 21.6 Å². The maximum atomic E-state index is 12.4. The van der Waals surface area contributed by atoms with Crippen molar-refractivity contribution >= 4 is 16.0 Å². The minimum atomic E-state index is -3.78. The van der Waals surface area contributed by atoms with Crippen molar-refractivity contribution in [1.82, 2.24) is 9.62 Å². The normalized spacial score (nSPS) is 26.3. The molecule has 122 valence electrons. The molecule has 2 fully saturated rings. The van der Waals surface area contributed by atoms with E-state index in [1.54, 1.807) is 0 Å². The fourth-order valence-corrected chi connectivity index (χ4v) is 4.10. The number of rotatable bonds is 5. The number of carbonyl (C=O) groups is 1. The summed E-state index contributed by atoms with van der Waals surface area (Å²) in [7, 11) is -2.57. The number of nitrogens with one attached hydrogen (secondary N) is 1. The van der Waals surface area contributed by atoms with Crippen molar-refractivity contribution in [3.05, 3.63) is 17.9 Å². The number of hydrogen-bond acceptors (Lipinski definition) is 6. The minimum absolute atomic E-state index is 0.123. The highest BCUT2D eigenvalue weighted by atomic mass is 32.2. The van der Waals surface area contributed by atoms with E-state index < -0.39 is 16.0 Å². The van der Waals surface area contributed by atoms with Crippen LogP contribution in [0, 0.1) is 5.92 Å².